The zero-order valence-electron chi connectivity index (χ0n) is 20.1. The van der Waals surface area contributed by atoms with E-state index in [2.05, 4.69) is 30.2 Å². The Bertz CT molecular complexity index is 1710. The molecule has 5 rings (SSSR count). The Morgan fingerprint density at radius 1 is 1.00 bits per heavy atom. The Morgan fingerprint density at radius 2 is 1.76 bits per heavy atom. The van der Waals surface area contributed by atoms with Crippen molar-refractivity contribution in [3.05, 3.63) is 76.0 Å². The lowest BCUT2D eigenvalue weighted by atomic mass is 9.98. The molecule has 0 saturated carbocycles. The first kappa shape index (κ1) is 23.8. The Morgan fingerprint density at radius 3 is 2.49 bits per heavy atom. The van der Waals surface area contributed by atoms with Crippen molar-refractivity contribution in [1.82, 2.24) is 20.2 Å². The number of hydrogen-bond acceptors (Lipinski definition) is 7. The number of aromatic amines is 2. The average Bonchev–Trinajstić information content (AvgIpc) is 3.31. The first-order chi connectivity index (χ1) is 17.9. The second kappa shape index (κ2) is 9.61. The van der Waals surface area contributed by atoms with E-state index >= 15 is 0 Å². The van der Waals surface area contributed by atoms with Gasteiger partial charge >= 0.3 is 6.09 Å². The number of carbonyl (C=O) groups is 1. The molecular formula is C26H22FN5O5. The van der Waals surface area contributed by atoms with E-state index in [9.17, 15) is 14.0 Å². The molecule has 0 unspecified atom stereocenters. The lowest BCUT2D eigenvalue weighted by Gasteiger charge is -2.12. The zero-order chi connectivity index (χ0) is 26.1. The van der Waals surface area contributed by atoms with Crippen LogP contribution < -0.4 is 20.3 Å². The van der Waals surface area contributed by atoms with Crippen LogP contribution in [0.25, 0.3) is 32.9 Å². The van der Waals surface area contributed by atoms with Gasteiger partial charge in [0, 0.05) is 17.4 Å². The van der Waals surface area contributed by atoms with Gasteiger partial charge in [-0.15, -0.1) is 0 Å². The number of halogens is 1. The number of imidazole rings is 1. The fourth-order valence-electron chi connectivity index (χ4n) is 4.16. The predicted molar refractivity (Wildman–Crippen MR) is 136 cm³/mol. The van der Waals surface area contributed by atoms with Crippen LogP contribution in [0.5, 0.6) is 11.5 Å². The van der Waals surface area contributed by atoms with Gasteiger partial charge in [-0.25, -0.2) is 19.3 Å². The highest BCUT2D eigenvalue weighted by atomic mass is 19.1. The number of nitrogens with zero attached hydrogens (tertiary/aromatic N) is 2. The van der Waals surface area contributed by atoms with Crippen molar-refractivity contribution < 1.29 is 23.4 Å². The van der Waals surface area contributed by atoms with Crippen molar-refractivity contribution in [3.63, 3.8) is 0 Å². The third-order valence-corrected chi connectivity index (χ3v) is 5.97. The maximum atomic E-state index is 14.9. The minimum atomic E-state index is -0.655. The summed E-state index contributed by atoms with van der Waals surface area (Å²) in [5, 5.41) is 10.3. The number of fused-ring (bicyclic) bond motifs is 2. The second-order valence-corrected chi connectivity index (χ2v) is 8.18. The number of carbonyl (C=O) groups excluding carboxylic acids is 1. The molecule has 0 aliphatic heterocycles. The SMILES string of the molecule is COC(=O)Nc1nc2cc(-c3cc(Cc4n[nH]c(=O)c5cc(OC)c(OC)cc45)ccc3F)ccc2[nH]1. The minimum absolute atomic E-state index is 0.219. The molecule has 0 aliphatic carbocycles. The molecule has 2 aromatic heterocycles. The van der Waals surface area contributed by atoms with E-state index < -0.39 is 11.9 Å². The third kappa shape index (κ3) is 4.54. The van der Waals surface area contributed by atoms with Crippen LogP contribution >= 0.6 is 0 Å². The largest absolute Gasteiger partial charge is 0.493 e. The molecule has 0 aliphatic rings. The monoisotopic (exact) mass is 503 g/mol. The van der Waals surface area contributed by atoms with Gasteiger partial charge in [0.25, 0.3) is 5.56 Å². The number of aromatic nitrogens is 4. The number of ether oxygens (including phenoxy) is 3. The van der Waals surface area contributed by atoms with Crippen LogP contribution in [-0.2, 0) is 11.2 Å². The number of amides is 1. The molecule has 3 aromatic carbocycles. The summed E-state index contributed by atoms with van der Waals surface area (Å²) in [6.45, 7) is 0. The molecule has 0 spiro atoms. The molecule has 11 heteroatoms. The molecule has 2 heterocycles. The Kier molecular flexibility index (Phi) is 6.18. The lowest BCUT2D eigenvalue weighted by molar-refractivity contribution is 0.186. The standard InChI is InChI=1S/C26H22FN5O5/c1-35-22-11-16-17(12-23(22)36-2)24(33)32-31-20(16)9-13-4-6-18(27)15(8-13)14-5-7-19-21(10-14)29-25(28-19)30-26(34)37-3/h4-8,10-12H,9H2,1-3H3,(H,32,33)(H2,28,29,30,34). The van der Waals surface area contributed by atoms with Gasteiger partial charge in [0.05, 0.1) is 43.4 Å². The lowest BCUT2D eigenvalue weighted by Crippen LogP contribution is -2.12. The van der Waals surface area contributed by atoms with Gasteiger partial charge < -0.3 is 19.2 Å². The highest BCUT2D eigenvalue weighted by molar-refractivity contribution is 5.89. The number of H-pyrrole nitrogens is 2. The van der Waals surface area contributed by atoms with Gasteiger partial charge in [-0.2, -0.15) is 5.10 Å². The van der Waals surface area contributed by atoms with Crippen LogP contribution in [-0.4, -0.2) is 47.6 Å². The summed E-state index contributed by atoms with van der Waals surface area (Å²) in [7, 11) is 4.27. The van der Waals surface area contributed by atoms with Gasteiger partial charge in [0.2, 0.25) is 5.95 Å². The van der Waals surface area contributed by atoms with Gasteiger partial charge in [-0.3, -0.25) is 10.1 Å². The smallest absolute Gasteiger partial charge is 0.413 e. The van der Waals surface area contributed by atoms with Crippen LogP contribution in [0.1, 0.15) is 11.3 Å². The van der Waals surface area contributed by atoms with Gasteiger partial charge in [-0.05, 0) is 47.5 Å². The molecule has 0 radical (unpaired) electrons. The number of anilines is 1. The van der Waals surface area contributed by atoms with E-state index in [1.807, 2.05) is 0 Å². The Balaban J connectivity index is 1.52. The number of rotatable bonds is 6. The first-order valence-corrected chi connectivity index (χ1v) is 11.2. The van der Waals surface area contributed by atoms with Crippen molar-refractivity contribution in [2.24, 2.45) is 0 Å². The van der Waals surface area contributed by atoms with Crippen LogP contribution in [0, 0.1) is 5.82 Å². The fraction of sp³-hybridized carbons (Fsp3) is 0.154. The summed E-state index contributed by atoms with van der Waals surface area (Å²) >= 11 is 0. The van der Waals surface area contributed by atoms with E-state index in [4.69, 9.17) is 9.47 Å². The molecule has 1 amide bonds. The predicted octanol–water partition coefficient (Wildman–Crippen LogP) is 4.39. The molecule has 5 aromatic rings. The molecule has 0 atom stereocenters. The van der Waals surface area contributed by atoms with Crippen molar-refractivity contribution in [3.8, 4) is 22.6 Å². The van der Waals surface area contributed by atoms with Crippen LogP contribution in [0.15, 0.2) is 53.3 Å². The van der Waals surface area contributed by atoms with E-state index in [1.165, 1.54) is 27.4 Å². The van der Waals surface area contributed by atoms with E-state index in [-0.39, 0.29) is 11.5 Å². The summed E-state index contributed by atoms with van der Waals surface area (Å²) in [6, 6.07) is 13.3. The molecule has 0 fully saturated rings. The van der Waals surface area contributed by atoms with Gasteiger partial charge in [-0.1, -0.05) is 12.1 Å². The van der Waals surface area contributed by atoms with Crippen molar-refractivity contribution in [2.75, 3.05) is 26.6 Å². The van der Waals surface area contributed by atoms with Crippen molar-refractivity contribution in [2.45, 2.75) is 6.42 Å². The number of methoxy groups -OCH3 is 3. The first-order valence-electron chi connectivity index (χ1n) is 11.2. The zero-order valence-corrected chi connectivity index (χ0v) is 20.1. The van der Waals surface area contributed by atoms with Crippen LogP contribution in [0.2, 0.25) is 0 Å². The number of hydrogen-bond donors (Lipinski definition) is 3. The third-order valence-electron chi connectivity index (χ3n) is 5.97. The van der Waals surface area contributed by atoms with Gasteiger partial charge in [0.1, 0.15) is 5.82 Å². The molecule has 0 bridgehead atoms. The average molecular weight is 503 g/mol. The molecule has 37 heavy (non-hydrogen) atoms. The maximum absolute atomic E-state index is 14.9. The fourth-order valence-corrected chi connectivity index (χ4v) is 4.16. The quantitative estimate of drug-likeness (QED) is 0.313. The Hall–Kier alpha value is -4.93. The highest BCUT2D eigenvalue weighted by Crippen LogP contribution is 2.33. The topological polar surface area (TPSA) is 131 Å². The normalized spacial score (nSPS) is 11.0. The molecule has 0 saturated heterocycles. The second-order valence-electron chi connectivity index (χ2n) is 8.18. The summed E-state index contributed by atoms with van der Waals surface area (Å²) in [5.74, 6) is 0.714. The summed E-state index contributed by atoms with van der Waals surface area (Å²) in [4.78, 5) is 31.2. The molecule has 10 nitrogen and oxygen atoms in total. The molecular weight excluding hydrogens is 481 g/mol. The summed E-state index contributed by atoms with van der Waals surface area (Å²) < 4.78 is 30.2. The Labute approximate surface area is 209 Å². The maximum Gasteiger partial charge on any atom is 0.413 e. The van der Waals surface area contributed by atoms with Crippen molar-refractivity contribution >= 4 is 33.8 Å². The summed E-state index contributed by atoms with van der Waals surface area (Å²) in [6.07, 6.45) is -0.328. The van der Waals surface area contributed by atoms with Crippen molar-refractivity contribution in [1.29, 1.82) is 0 Å². The van der Waals surface area contributed by atoms with E-state index in [0.29, 0.717) is 56.5 Å². The minimum Gasteiger partial charge on any atom is -0.493 e. The van der Waals surface area contributed by atoms with Crippen LogP contribution in [0.3, 0.4) is 0 Å². The van der Waals surface area contributed by atoms with Gasteiger partial charge in [0.15, 0.2) is 11.5 Å². The highest BCUT2D eigenvalue weighted by Gasteiger charge is 2.15. The summed E-state index contributed by atoms with van der Waals surface area (Å²) in [5.41, 5.74) is 3.21. The molecule has 3 N–H and O–H groups in total. The van der Waals surface area contributed by atoms with E-state index in [1.54, 1.807) is 42.5 Å². The number of nitrogens with one attached hydrogen (secondary N) is 3. The molecule has 188 valence electrons. The number of benzene rings is 3. The van der Waals surface area contributed by atoms with Crippen LogP contribution in [0.4, 0.5) is 15.1 Å². The van der Waals surface area contributed by atoms with E-state index in [0.717, 1.165) is 5.56 Å².